The van der Waals surface area contributed by atoms with Crippen LogP contribution in [0.4, 0.5) is 15.8 Å². The maximum absolute atomic E-state index is 12.9. The highest BCUT2D eigenvalue weighted by Crippen LogP contribution is 2.24. The van der Waals surface area contributed by atoms with Crippen molar-refractivity contribution < 1.29 is 18.8 Å². The van der Waals surface area contributed by atoms with Gasteiger partial charge in [-0.1, -0.05) is 12.1 Å². The average Bonchev–Trinajstić information content (AvgIpc) is 2.89. The molecule has 2 aromatic carbocycles. The van der Waals surface area contributed by atoms with Crippen molar-refractivity contribution >= 4 is 29.1 Å². The van der Waals surface area contributed by atoms with Gasteiger partial charge in [0.05, 0.1) is 18.2 Å². The van der Waals surface area contributed by atoms with Crippen LogP contribution in [0.15, 0.2) is 48.5 Å². The molecule has 2 aromatic rings. The van der Waals surface area contributed by atoms with Crippen molar-refractivity contribution in [2.24, 2.45) is 0 Å². The van der Waals surface area contributed by atoms with Gasteiger partial charge in [-0.25, -0.2) is 9.29 Å². The Morgan fingerprint density at radius 1 is 1.12 bits per heavy atom. The van der Waals surface area contributed by atoms with E-state index in [1.165, 1.54) is 19.1 Å². The van der Waals surface area contributed by atoms with E-state index < -0.39 is 6.04 Å². The third kappa shape index (κ3) is 3.94. The quantitative estimate of drug-likeness (QED) is 0.806. The molecule has 7 heteroatoms. The van der Waals surface area contributed by atoms with Crippen LogP contribution in [-0.2, 0) is 20.9 Å². The highest BCUT2D eigenvalue weighted by molar-refractivity contribution is 6.22. The van der Waals surface area contributed by atoms with E-state index in [2.05, 4.69) is 10.6 Å². The fraction of sp³-hybridized carbons (Fsp3) is 0.211. The predicted octanol–water partition coefficient (Wildman–Crippen LogP) is 2.21. The summed E-state index contributed by atoms with van der Waals surface area (Å²) in [4.78, 5) is 37.0. The Bertz CT molecular complexity index is 834. The summed E-state index contributed by atoms with van der Waals surface area (Å²) in [6, 6.07) is 11.8. The van der Waals surface area contributed by atoms with Crippen LogP contribution in [0.2, 0.25) is 0 Å². The van der Waals surface area contributed by atoms with Crippen LogP contribution < -0.4 is 15.5 Å². The highest BCUT2D eigenvalue weighted by atomic mass is 19.1. The lowest BCUT2D eigenvalue weighted by Crippen LogP contribution is -2.38. The minimum absolute atomic E-state index is 0.0630. The molecule has 1 saturated heterocycles. The first-order valence-electron chi connectivity index (χ1n) is 8.16. The summed E-state index contributed by atoms with van der Waals surface area (Å²) in [5.74, 6) is -1.14. The second kappa shape index (κ2) is 7.45. The average molecular weight is 355 g/mol. The summed E-state index contributed by atoms with van der Waals surface area (Å²) in [6.45, 7) is 1.76. The molecule has 3 amide bonds. The van der Waals surface area contributed by atoms with Gasteiger partial charge in [-0.15, -0.1) is 0 Å². The van der Waals surface area contributed by atoms with Crippen molar-refractivity contribution in [3.63, 3.8) is 0 Å². The number of halogens is 1. The van der Waals surface area contributed by atoms with Gasteiger partial charge in [0.2, 0.25) is 11.8 Å². The molecule has 6 nitrogen and oxygen atoms in total. The smallest absolute Gasteiger partial charge is 0.251 e. The maximum atomic E-state index is 12.9. The molecule has 0 spiro atoms. The van der Waals surface area contributed by atoms with Gasteiger partial charge in [0.15, 0.2) is 0 Å². The van der Waals surface area contributed by atoms with Gasteiger partial charge >= 0.3 is 0 Å². The van der Waals surface area contributed by atoms with Crippen LogP contribution in [0, 0.1) is 5.82 Å². The van der Waals surface area contributed by atoms with Gasteiger partial charge < -0.3 is 10.6 Å². The van der Waals surface area contributed by atoms with Crippen LogP contribution in [-0.4, -0.2) is 23.8 Å². The van der Waals surface area contributed by atoms with E-state index in [9.17, 15) is 18.8 Å². The molecule has 26 heavy (non-hydrogen) atoms. The molecule has 3 rings (SSSR count). The fourth-order valence-electron chi connectivity index (χ4n) is 2.80. The van der Waals surface area contributed by atoms with Crippen LogP contribution in [0.5, 0.6) is 0 Å². The van der Waals surface area contributed by atoms with Crippen LogP contribution in [0.25, 0.3) is 0 Å². The number of imide groups is 1. The largest absolute Gasteiger partial charge is 0.326 e. The summed E-state index contributed by atoms with van der Waals surface area (Å²) in [5, 5.41) is 5.67. The van der Waals surface area contributed by atoms with E-state index in [0.717, 1.165) is 10.5 Å². The van der Waals surface area contributed by atoms with Crippen molar-refractivity contribution in [1.82, 2.24) is 5.32 Å². The maximum Gasteiger partial charge on any atom is 0.251 e. The van der Waals surface area contributed by atoms with Crippen molar-refractivity contribution in [1.29, 1.82) is 0 Å². The van der Waals surface area contributed by atoms with Gasteiger partial charge in [0.25, 0.3) is 5.91 Å². The lowest BCUT2D eigenvalue weighted by molar-refractivity contribution is -0.121. The van der Waals surface area contributed by atoms with Crippen molar-refractivity contribution in [2.75, 3.05) is 10.2 Å². The number of anilines is 2. The number of carbonyl (C=O) groups is 3. The van der Waals surface area contributed by atoms with Crippen LogP contribution in [0.1, 0.15) is 18.9 Å². The molecule has 0 radical (unpaired) electrons. The Morgan fingerprint density at radius 3 is 2.38 bits per heavy atom. The Morgan fingerprint density at radius 2 is 1.77 bits per heavy atom. The molecule has 1 aliphatic rings. The van der Waals surface area contributed by atoms with E-state index in [1.54, 1.807) is 36.4 Å². The first-order valence-corrected chi connectivity index (χ1v) is 8.16. The summed E-state index contributed by atoms with van der Waals surface area (Å²) in [6.07, 6.45) is 0.0630. The minimum atomic E-state index is -0.623. The normalized spacial score (nSPS) is 16.8. The zero-order chi connectivity index (χ0) is 18.7. The Labute approximate surface area is 150 Å². The second-order valence-electron chi connectivity index (χ2n) is 6.06. The number of nitrogens with zero attached hydrogens (tertiary/aromatic N) is 1. The number of benzene rings is 2. The molecule has 1 atom stereocenters. The molecule has 0 bridgehead atoms. The first kappa shape index (κ1) is 17.8. The number of hydrogen-bond acceptors (Lipinski definition) is 4. The predicted molar refractivity (Wildman–Crippen MR) is 94.9 cm³/mol. The van der Waals surface area contributed by atoms with Crippen LogP contribution >= 0.6 is 0 Å². The zero-order valence-electron chi connectivity index (χ0n) is 14.2. The van der Waals surface area contributed by atoms with E-state index in [1.807, 2.05) is 0 Å². The van der Waals surface area contributed by atoms with E-state index in [4.69, 9.17) is 0 Å². The number of nitrogens with one attached hydrogen (secondary N) is 2. The summed E-state index contributed by atoms with van der Waals surface area (Å²) >= 11 is 0. The van der Waals surface area contributed by atoms with E-state index in [-0.39, 0.29) is 30.0 Å². The minimum Gasteiger partial charge on any atom is -0.326 e. The standard InChI is InChI=1S/C19H18FN3O3/c1-12(24)22-15-6-8-16(9-7-15)23-18(25)10-17(19(23)26)21-11-13-2-4-14(20)5-3-13/h2-9,17,21H,10-11H2,1H3,(H,22,24)/t17-/m0/s1. The highest BCUT2D eigenvalue weighted by Gasteiger charge is 2.39. The molecule has 2 N–H and O–H groups in total. The van der Waals surface area contributed by atoms with Gasteiger partial charge in [-0.2, -0.15) is 0 Å². The molecular formula is C19H18FN3O3. The third-order valence-electron chi connectivity index (χ3n) is 4.06. The topological polar surface area (TPSA) is 78.5 Å². The van der Waals surface area contributed by atoms with Gasteiger partial charge in [0, 0.05) is 19.2 Å². The van der Waals surface area contributed by atoms with Crippen LogP contribution in [0.3, 0.4) is 0 Å². The monoisotopic (exact) mass is 355 g/mol. The van der Waals surface area contributed by atoms with Gasteiger partial charge in [-0.05, 0) is 42.0 Å². The molecule has 1 aliphatic heterocycles. The lowest BCUT2D eigenvalue weighted by atomic mass is 10.2. The fourth-order valence-corrected chi connectivity index (χ4v) is 2.80. The van der Waals surface area contributed by atoms with Gasteiger partial charge in [0.1, 0.15) is 5.82 Å². The summed E-state index contributed by atoms with van der Waals surface area (Å²) < 4.78 is 12.9. The molecule has 0 aliphatic carbocycles. The van der Waals surface area contributed by atoms with Crippen molar-refractivity contribution in [3.05, 3.63) is 59.9 Å². The number of rotatable bonds is 5. The summed E-state index contributed by atoms with van der Waals surface area (Å²) in [5.41, 5.74) is 1.87. The second-order valence-corrected chi connectivity index (χ2v) is 6.06. The molecule has 0 unspecified atom stereocenters. The zero-order valence-corrected chi connectivity index (χ0v) is 14.2. The number of carbonyl (C=O) groups excluding carboxylic acids is 3. The van der Waals surface area contributed by atoms with Gasteiger partial charge in [-0.3, -0.25) is 14.4 Å². The first-order chi connectivity index (χ1) is 12.4. The summed E-state index contributed by atoms with van der Waals surface area (Å²) in [7, 11) is 0. The molecular weight excluding hydrogens is 337 g/mol. The Kier molecular flexibility index (Phi) is 5.09. The SMILES string of the molecule is CC(=O)Nc1ccc(N2C(=O)C[C@H](NCc3ccc(F)cc3)C2=O)cc1. The molecule has 134 valence electrons. The Balaban J connectivity index is 1.66. The van der Waals surface area contributed by atoms with E-state index in [0.29, 0.717) is 17.9 Å². The molecule has 1 fully saturated rings. The molecule has 1 heterocycles. The van der Waals surface area contributed by atoms with E-state index >= 15 is 0 Å². The lowest BCUT2D eigenvalue weighted by Gasteiger charge is -2.16. The molecule has 0 saturated carbocycles. The molecule has 0 aromatic heterocycles. The van der Waals surface area contributed by atoms with Crippen molar-refractivity contribution in [2.45, 2.75) is 25.9 Å². The number of amides is 3. The third-order valence-corrected chi connectivity index (χ3v) is 4.06. The van der Waals surface area contributed by atoms with Crippen molar-refractivity contribution in [3.8, 4) is 0 Å². The number of hydrogen-bond donors (Lipinski definition) is 2. The Hall–Kier alpha value is -3.06.